The molecule has 1 atom stereocenters. The van der Waals surface area contributed by atoms with Gasteiger partial charge in [0.2, 0.25) is 5.92 Å². The van der Waals surface area contributed by atoms with Gasteiger partial charge in [-0.3, -0.25) is 4.90 Å². The van der Waals surface area contributed by atoms with Crippen LogP contribution in [0.15, 0.2) is 36.5 Å². The fourth-order valence-corrected chi connectivity index (χ4v) is 7.01. The zero-order valence-electron chi connectivity index (χ0n) is 22.1. The van der Waals surface area contributed by atoms with Crippen LogP contribution in [0.3, 0.4) is 0 Å². The monoisotopic (exact) mass is 534 g/mol. The van der Waals surface area contributed by atoms with Crippen molar-refractivity contribution in [1.82, 2.24) is 9.88 Å². The molecule has 3 aromatic rings. The topological polar surface area (TPSA) is 92.6 Å². The van der Waals surface area contributed by atoms with Gasteiger partial charge in [-0.1, -0.05) is 6.07 Å². The molecule has 2 aromatic carbocycles. The average molecular weight is 535 g/mol. The largest absolute Gasteiger partial charge is 0.496 e. The number of hydrogen-bond acceptors (Lipinski definition) is 5. The highest BCUT2D eigenvalue weighted by molar-refractivity contribution is 5.90. The Kier molecular flexibility index (Phi) is 6.07. The molecule has 1 aliphatic carbocycles. The number of carboxylic acids is 1. The van der Waals surface area contributed by atoms with E-state index in [1.54, 1.807) is 19.2 Å². The number of hydrogen-bond donors (Lipinski definition) is 2. The van der Waals surface area contributed by atoms with E-state index in [1.807, 2.05) is 36.2 Å². The molecule has 6 rings (SSSR count). The number of anilines is 1. The van der Waals surface area contributed by atoms with E-state index >= 15 is 0 Å². The first kappa shape index (κ1) is 25.6. The number of nitrogens with one attached hydrogen (secondary N) is 1. The van der Waals surface area contributed by atoms with Crippen molar-refractivity contribution in [1.29, 1.82) is 5.26 Å². The zero-order valence-corrected chi connectivity index (χ0v) is 22.1. The molecule has 2 aliphatic heterocycles. The Labute approximate surface area is 226 Å². The van der Waals surface area contributed by atoms with Crippen molar-refractivity contribution < 1.29 is 23.4 Å². The lowest BCUT2D eigenvalue weighted by molar-refractivity contribution is -0.186. The Hall–Kier alpha value is -3.64. The van der Waals surface area contributed by atoms with Gasteiger partial charge in [0.05, 0.1) is 24.7 Å². The molecule has 0 bridgehead atoms. The van der Waals surface area contributed by atoms with E-state index in [2.05, 4.69) is 16.0 Å². The zero-order chi connectivity index (χ0) is 27.5. The van der Waals surface area contributed by atoms with Crippen LogP contribution in [0.4, 0.5) is 14.5 Å². The quantitative estimate of drug-likeness (QED) is 0.409. The number of fused-ring (bicyclic) bond motifs is 1. The summed E-state index contributed by atoms with van der Waals surface area (Å²) in [4.78, 5) is 19.5. The van der Waals surface area contributed by atoms with E-state index in [-0.39, 0.29) is 30.4 Å². The van der Waals surface area contributed by atoms with Gasteiger partial charge in [-0.25, -0.2) is 13.6 Å². The first-order chi connectivity index (χ1) is 18.6. The lowest BCUT2D eigenvalue weighted by Gasteiger charge is -2.55. The number of carboxylic acid groups (broad SMARTS) is 1. The second-order valence-corrected chi connectivity index (χ2v) is 11.6. The molecule has 0 radical (unpaired) electrons. The molecule has 204 valence electrons. The van der Waals surface area contributed by atoms with Crippen molar-refractivity contribution >= 4 is 22.6 Å². The van der Waals surface area contributed by atoms with Gasteiger partial charge < -0.3 is 19.7 Å². The maximum absolute atomic E-state index is 14.2. The summed E-state index contributed by atoms with van der Waals surface area (Å²) in [6.07, 6.45) is 2.96. The van der Waals surface area contributed by atoms with Gasteiger partial charge in [0.25, 0.3) is 0 Å². The summed E-state index contributed by atoms with van der Waals surface area (Å²) in [6.45, 7) is 4.30. The molecule has 2 saturated heterocycles. The number of nitrogens with zero attached hydrogens (tertiary/aromatic N) is 3. The molecular formula is C30H32F2N4O3. The number of alkyl halides is 2. The fraction of sp³-hybridized carbons (Fsp3) is 0.467. The second kappa shape index (κ2) is 9.23. The van der Waals surface area contributed by atoms with E-state index in [1.165, 1.54) is 0 Å². The van der Waals surface area contributed by atoms with E-state index in [0.29, 0.717) is 39.0 Å². The maximum atomic E-state index is 14.2. The molecule has 7 nitrogen and oxygen atoms in total. The fourth-order valence-electron chi connectivity index (χ4n) is 7.01. The minimum absolute atomic E-state index is 0.107. The van der Waals surface area contributed by atoms with Crippen molar-refractivity contribution in [2.24, 2.45) is 11.3 Å². The number of H-pyrrole nitrogens is 1. The number of nitriles is 1. The smallest absolute Gasteiger partial charge is 0.335 e. The number of carbonyl (C=O) groups is 1. The highest BCUT2D eigenvalue weighted by Gasteiger charge is 2.58. The predicted molar refractivity (Wildman–Crippen MR) is 143 cm³/mol. The molecule has 3 fully saturated rings. The summed E-state index contributed by atoms with van der Waals surface area (Å²) in [7, 11) is 1.66. The van der Waals surface area contributed by atoms with E-state index < -0.39 is 17.3 Å². The Balaban J connectivity index is 1.42. The number of aryl methyl sites for hydroxylation is 1. The third-order valence-electron chi connectivity index (χ3n) is 9.00. The lowest BCUT2D eigenvalue weighted by atomic mass is 9.58. The summed E-state index contributed by atoms with van der Waals surface area (Å²) in [6, 6.07) is 11.3. The molecule has 3 aliphatic rings. The van der Waals surface area contributed by atoms with E-state index in [9.17, 15) is 23.9 Å². The van der Waals surface area contributed by atoms with Gasteiger partial charge in [0, 0.05) is 66.9 Å². The Morgan fingerprint density at radius 1 is 1.26 bits per heavy atom. The van der Waals surface area contributed by atoms with Crippen molar-refractivity contribution in [3.05, 3.63) is 58.8 Å². The Morgan fingerprint density at radius 2 is 2.03 bits per heavy atom. The van der Waals surface area contributed by atoms with Crippen LogP contribution >= 0.6 is 0 Å². The normalized spacial score (nSPS) is 22.3. The third kappa shape index (κ3) is 4.41. The molecule has 1 spiro atoms. The van der Waals surface area contributed by atoms with Gasteiger partial charge >= 0.3 is 5.97 Å². The highest BCUT2D eigenvalue weighted by atomic mass is 19.3. The van der Waals surface area contributed by atoms with Crippen molar-refractivity contribution in [3.63, 3.8) is 0 Å². The molecule has 3 heterocycles. The number of aromatic carboxylic acids is 1. The Bertz CT molecular complexity index is 1480. The summed E-state index contributed by atoms with van der Waals surface area (Å²) >= 11 is 0. The van der Waals surface area contributed by atoms with Gasteiger partial charge in [-0.2, -0.15) is 5.26 Å². The van der Waals surface area contributed by atoms with Crippen LogP contribution in [0.25, 0.3) is 10.9 Å². The summed E-state index contributed by atoms with van der Waals surface area (Å²) in [5, 5.41) is 20.1. The number of piperidine rings is 1. The van der Waals surface area contributed by atoms with Crippen molar-refractivity contribution in [2.45, 2.75) is 51.1 Å². The number of methoxy groups -OCH3 is 1. The Morgan fingerprint density at radius 3 is 2.69 bits per heavy atom. The van der Waals surface area contributed by atoms with Crippen LogP contribution < -0.4 is 9.64 Å². The molecule has 2 N–H and O–H groups in total. The number of rotatable bonds is 6. The minimum Gasteiger partial charge on any atom is -0.496 e. The SMILES string of the molecule is COc1cc(C)c2[nH]ccc2c1CN1CCC2(C[C@@H]1c1ccc(C(=O)O)cc1N1CC(C#N)C1)CC(F)(F)C2. The molecule has 0 amide bonds. The highest BCUT2D eigenvalue weighted by Crippen LogP contribution is 2.61. The van der Waals surface area contributed by atoms with Gasteiger partial charge in [0.1, 0.15) is 5.75 Å². The lowest BCUT2D eigenvalue weighted by Crippen LogP contribution is -2.53. The molecule has 0 unspecified atom stereocenters. The van der Waals surface area contributed by atoms with Crippen LogP contribution in [-0.2, 0) is 6.54 Å². The second-order valence-electron chi connectivity index (χ2n) is 11.6. The standard InChI is InChI=1S/C30H32F2N4O3/c1-18-9-26(39-2)23(21-5-7-34-27(18)21)15-35-8-6-29(16-30(31,32)17-29)11-25(35)22-4-3-20(28(37)38)10-24(22)36-13-19(12-33)14-36/h3-5,7,9-10,19,25,34H,6,8,11,13-17H2,1-2H3,(H,37,38)/t25-/m1/s1. The number of likely N-dealkylation sites (tertiary alicyclic amines) is 1. The summed E-state index contributed by atoms with van der Waals surface area (Å²) < 4.78 is 34.1. The first-order valence-corrected chi connectivity index (χ1v) is 13.4. The van der Waals surface area contributed by atoms with Gasteiger partial charge in [-0.05, 0) is 67.1 Å². The van der Waals surface area contributed by atoms with Crippen molar-refractivity contribution in [3.8, 4) is 11.8 Å². The summed E-state index contributed by atoms with van der Waals surface area (Å²) in [5.74, 6) is -2.97. The van der Waals surface area contributed by atoms with Crippen molar-refractivity contribution in [2.75, 3.05) is 31.6 Å². The molecular weight excluding hydrogens is 502 g/mol. The molecule has 39 heavy (non-hydrogen) atoms. The molecule has 1 aromatic heterocycles. The van der Waals surface area contributed by atoms with Gasteiger partial charge in [0.15, 0.2) is 0 Å². The van der Waals surface area contributed by atoms with Crippen LogP contribution in [0.2, 0.25) is 0 Å². The number of halogens is 2. The number of aromatic nitrogens is 1. The maximum Gasteiger partial charge on any atom is 0.335 e. The molecule has 9 heteroatoms. The predicted octanol–water partition coefficient (Wildman–Crippen LogP) is 5.90. The van der Waals surface area contributed by atoms with E-state index in [0.717, 1.165) is 39.0 Å². The molecule has 1 saturated carbocycles. The summed E-state index contributed by atoms with van der Waals surface area (Å²) in [5.41, 5.74) is 4.62. The van der Waals surface area contributed by atoms with Crippen LogP contribution in [-0.4, -0.2) is 53.6 Å². The van der Waals surface area contributed by atoms with Gasteiger partial charge in [-0.15, -0.1) is 0 Å². The van der Waals surface area contributed by atoms with Crippen LogP contribution in [0, 0.1) is 29.6 Å². The third-order valence-corrected chi connectivity index (χ3v) is 9.00. The first-order valence-electron chi connectivity index (χ1n) is 13.4. The van der Waals surface area contributed by atoms with Crippen LogP contribution in [0.5, 0.6) is 5.75 Å². The number of benzene rings is 2. The van der Waals surface area contributed by atoms with Crippen LogP contribution in [0.1, 0.15) is 58.8 Å². The minimum atomic E-state index is -2.63. The number of aromatic amines is 1. The number of ether oxygens (including phenoxy) is 1. The van der Waals surface area contributed by atoms with E-state index in [4.69, 9.17) is 4.74 Å². The average Bonchev–Trinajstić information content (AvgIpc) is 3.35.